The molecule has 116 valence electrons. The van der Waals surface area contributed by atoms with E-state index in [0.717, 1.165) is 19.4 Å². The average Bonchev–Trinajstić information content (AvgIpc) is 2.31. The third-order valence-corrected chi connectivity index (χ3v) is 3.74. The van der Waals surface area contributed by atoms with Crippen molar-refractivity contribution >= 4 is 30.7 Å². The Kier molecular flexibility index (Phi) is 10.9. The quantitative estimate of drug-likeness (QED) is 0.831. The Morgan fingerprint density at radius 2 is 2.11 bits per heavy atom. The molecule has 1 aliphatic rings. The van der Waals surface area contributed by atoms with Crippen molar-refractivity contribution in [3.63, 3.8) is 0 Å². The van der Waals surface area contributed by atoms with E-state index in [4.69, 9.17) is 10.5 Å². The second-order valence-electron chi connectivity index (χ2n) is 5.02. The van der Waals surface area contributed by atoms with Gasteiger partial charge >= 0.3 is 0 Å². The van der Waals surface area contributed by atoms with Crippen molar-refractivity contribution in [2.45, 2.75) is 37.9 Å². The molecule has 7 heteroatoms. The highest BCUT2D eigenvalue weighted by atomic mass is 35.5. The molecule has 2 N–H and O–H groups in total. The Bertz CT molecular complexity index is 269. The van der Waals surface area contributed by atoms with E-state index in [9.17, 15) is 4.79 Å². The van der Waals surface area contributed by atoms with Crippen LogP contribution in [0.5, 0.6) is 0 Å². The number of amides is 1. The number of halogens is 2. The predicted octanol–water partition coefficient (Wildman–Crippen LogP) is 0.745. The van der Waals surface area contributed by atoms with Gasteiger partial charge in [0.1, 0.15) is 6.04 Å². The zero-order valence-electron chi connectivity index (χ0n) is 12.2. The number of rotatable bonds is 4. The summed E-state index contributed by atoms with van der Waals surface area (Å²) in [6.07, 6.45) is 2.03. The van der Waals surface area contributed by atoms with E-state index in [2.05, 4.69) is 18.9 Å². The molecule has 0 saturated carbocycles. The van der Waals surface area contributed by atoms with Gasteiger partial charge in [-0.3, -0.25) is 4.79 Å². The van der Waals surface area contributed by atoms with Gasteiger partial charge in [-0.15, -0.1) is 24.8 Å². The van der Waals surface area contributed by atoms with Crippen molar-refractivity contribution in [2.75, 3.05) is 34.4 Å². The summed E-state index contributed by atoms with van der Waals surface area (Å²) in [5.74, 6) is -0.0198. The first kappa shape index (κ1) is 21.2. The summed E-state index contributed by atoms with van der Waals surface area (Å²) in [6, 6.07) is 0.277. The number of hydrogen-bond donors (Lipinski definition) is 1. The van der Waals surface area contributed by atoms with E-state index in [-0.39, 0.29) is 37.3 Å². The molecule has 0 radical (unpaired) electrons. The summed E-state index contributed by atoms with van der Waals surface area (Å²) in [7, 11) is 5.53. The van der Waals surface area contributed by atoms with Crippen LogP contribution in [-0.4, -0.2) is 68.2 Å². The highest BCUT2D eigenvalue weighted by Gasteiger charge is 2.29. The molecule has 19 heavy (non-hydrogen) atoms. The van der Waals surface area contributed by atoms with Crippen molar-refractivity contribution in [3.05, 3.63) is 0 Å². The third kappa shape index (κ3) is 5.83. The molecule has 0 aliphatic carbocycles. The summed E-state index contributed by atoms with van der Waals surface area (Å²) in [5.41, 5.74) is 5.77. The minimum absolute atomic E-state index is 0. The van der Waals surface area contributed by atoms with Crippen LogP contribution in [0.3, 0.4) is 0 Å². The van der Waals surface area contributed by atoms with Crippen LogP contribution in [0, 0.1) is 0 Å². The van der Waals surface area contributed by atoms with Crippen LogP contribution < -0.4 is 5.73 Å². The summed E-state index contributed by atoms with van der Waals surface area (Å²) in [6.45, 7) is 3.51. The molecule has 1 saturated heterocycles. The van der Waals surface area contributed by atoms with Gasteiger partial charge in [-0.1, -0.05) is 0 Å². The van der Waals surface area contributed by atoms with Crippen molar-refractivity contribution in [1.82, 2.24) is 9.80 Å². The average molecular weight is 316 g/mol. The van der Waals surface area contributed by atoms with E-state index < -0.39 is 6.04 Å². The van der Waals surface area contributed by atoms with Gasteiger partial charge in [0.05, 0.1) is 6.61 Å². The molecule has 0 spiro atoms. The Morgan fingerprint density at radius 3 is 2.58 bits per heavy atom. The summed E-state index contributed by atoms with van der Waals surface area (Å²) in [4.78, 5) is 16.1. The lowest BCUT2D eigenvalue weighted by atomic mass is 9.97. The van der Waals surface area contributed by atoms with E-state index in [1.165, 1.54) is 0 Å². The number of likely N-dealkylation sites (tertiary alicyclic amines) is 1. The maximum Gasteiger partial charge on any atom is 0.241 e. The zero-order valence-corrected chi connectivity index (χ0v) is 13.8. The molecule has 0 aromatic carbocycles. The molecular formula is C12H27Cl2N3O2. The molecule has 1 heterocycles. The molecule has 1 fully saturated rings. The lowest BCUT2D eigenvalue weighted by molar-refractivity contribution is -0.135. The molecule has 3 unspecified atom stereocenters. The lowest BCUT2D eigenvalue weighted by Gasteiger charge is -2.40. The van der Waals surface area contributed by atoms with Crippen LogP contribution in [0.1, 0.15) is 19.8 Å². The molecule has 0 aromatic heterocycles. The maximum atomic E-state index is 12.0. The van der Waals surface area contributed by atoms with Gasteiger partial charge in [0, 0.05) is 32.8 Å². The Morgan fingerprint density at radius 1 is 1.53 bits per heavy atom. The number of carbonyl (C=O) groups excluding carboxylic acids is 1. The number of likely N-dealkylation sites (N-methyl/N-ethyl adjacent to an activating group) is 1. The summed E-state index contributed by atoms with van der Waals surface area (Å²) < 4.78 is 4.92. The Labute approximate surface area is 128 Å². The monoisotopic (exact) mass is 315 g/mol. The molecular weight excluding hydrogens is 289 g/mol. The van der Waals surface area contributed by atoms with Crippen molar-refractivity contribution in [1.29, 1.82) is 0 Å². The Balaban J connectivity index is 0. The first-order chi connectivity index (χ1) is 7.97. The van der Waals surface area contributed by atoms with E-state index in [1.807, 2.05) is 7.05 Å². The molecule has 0 aromatic rings. The van der Waals surface area contributed by atoms with Crippen LogP contribution in [0.2, 0.25) is 0 Å². The molecule has 5 nitrogen and oxygen atoms in total. The van der Waals surface area contributed by atoms with Gasteiger partial charge in [0.15, 0.2) is 0 Å². The van der Waals surface area contributed by atoms with E-state index in [1.54, 1.807) is 12.0 Å². The second-order valence-corrected chi connectivity index (χ2v) is 5.02. The number of carbonyl (C=O) groups is 1. The van der Waals surface area contributed by atoms with E-state index >= 15 is 0 Å². The van der Waals surface area contributed by atoms with Crippen molar-refractivity contribution in [2.24, 2.45) is 5.73 Å². The van der Waals surface area contributed by atoms with Gasteiger partial charge in [-0.25, -0.2) is 0 Å². The topological polar surface area (TPSA) is 58.8 Å². The molecule has 1 rings (SSSR count). The molecule has 0 bridgehead atoms. The lowest BCUT2D eigenvalue weighted by Crippen LogP contribution is -2.52. The predicted molar refractivity (Wildman–Crippen MR) is 82.2 cm³/mol. The molecule has 3 atom stereocenters. The number of nitrogens with zero attached hydrogens (tertiary/aromatic N) is 2. The van der Waals surface area contributed by atoms with Gasteiger partial charge in [0.2, 0.25) is 5.91 Å². The molecule has 1 aliphatic heterocycles. The van der Waals surface area contributed by atoms with Crippen LogP contribution >= 0.6 is 24.8 Å². The number of hydrogen-bond acceptors (Lipinski definition) is 4. The number of nitrogens with two attached hydrogens (primary N) is 1. The normalized spacial score (nSPS) is 24.9. The fourth-order valence-corrected chi connectivity index (χ4v) is 2.31. The summed E-state index contributed by atoms with van der Waals surface area (Å²) >= 11 is 0. The van der Waals surface area contributed by atoms with Crippen molar-refractivity contribution in [3.8, 4) is 0 Å². The Hall–Kier alpha value is -0.0700. The van der Waals surface area contributed by atoms with Crippen LogP contribution in [0.25, 0.3) is 0 Å². The van der Waals surface area contributed by atoms with E-state index in [0.29, 0.717) is 12.1 Å². The third-order valence-electron chi connectivity index (χ3n) is 3.74. The van der Waals surface area contributed by atoms with Crippen LogP contribution in [-0.2, 0) is 9.53 Å². The SMILES string of the molecule is COCC(N)C(=O)N(C)C1CCN(C)C(C)C1.Cl.Cl. The number of ether oxygens (including phenoxy) is 1. The van der Waals surface area contributed by atoms with Gasteiger partial charge in [-0.2, -0.15) is 0 Å². The van der Waals surface area contributed by atoms with Crippen LogP contribution in [0.4, 0.5) is 0 Å². The smallest absolute Gasteiger partial charge is 0.241 e. The standard InChI is InChI=1S/C12H25N3O2.2ClH/c1-9-7-10(5-6-14(9)2)15(3)12(16)11(13)8-17-4;;/h9-11H,5-8,13H2,1-4H3;2*1H. The summed E-state index contributed by atoms with van der Waals surface area (Å²) in [5, 5.41) is 0. The fourth-order valence-electron chi connectivity index (χ4n) is 2.31. The van der Waals surface area contributed by atoms with Gasteiger partial charge < -0.3 is 20.3 Å². The van der Waals surface area contributed by atoms with Crippen LogP contribution in [0.15, 0.2) is 0 Å². The second kappa shape index (κ2) is 9.77. The minimum atomic E-state index is -0.542. The largest absolute Gasteiger partial charge is 0.383 e. The van der Waals surface area contributed by atoms with Gasteiger partial charge in [-0.05, 0) is 26.8 Å². The fraction of sp³-hybridized carbons (Fsp3) is 0.917. The van der Waals surface area contributed by atoms with Gasteiger partial charge in [0.25, 0.3) is 0 Å². The highest BCUT2D eigenvalue weighted by Crippen LogP contribution is 2.19. The number of methoxy groups -OCH3 is 1. The minimum Gasteiger partial charge on any atom is -0.383 e. The van der Waals surface area contributed by atoms with Crippen molar-refractivity contribution < 1.29 is 9.53 Å². The zero-order chi connectivity index (χ0) is 13.0. The highest BCUT2D eigenvalue weighted by molar-refractivity contribution is 5.85. The maximum absolute atomic E-state index is 12.0. The first-order valence-electron chi connectivity index (χ1n) is 6.18. The number of piperidine rings is 1. The molecule has 1 amide bonds. The first-order valence-corrected chi connectivity index (χ1v) is 6.18.